The van der Waals surface area contributed by atoms with Gasteiger partial charge in [0.2, 0.25) is 0 Å². The molecule has 0 spiro atoms. The number of hydrogen-bond acceptors (Lipinski definition) is 3. The number of halogens is 4. The average molecular weight is 422 g/mol. The Morgan fingerprint density at radius 1 is 1.24 bits per heavy atom. The topological polar surface area (TPSA) is 56.1 Å². The van der Waals surface area contributed by atoms with Gasteiger partial charge in [-0.05, 0) is 37.6 Å². The van der Waals surface area contributed by atoms with E-state index in [1.165, 1.54) is 12.3 Å². The van der Waals surface area contributed by atoms with Gasteiger partial charge in [-0.15, -0.1) is 0 Å². The zero-order chi connectivity index (χ0) is 21.6. The molecule has 1 amide bonds. The number of alkyl halides is 3. The van der Waals surface area contributed by atoms with E-state index >= 15 is 0 Å². The smallest absolute Gasteiger partial charge is 0.369 e. The minimum atomic E-state index is -4.66. The zero-order valence-corrected chi connectivity index (χ0v) is 16.6. The number of carbonyl (C=O) groups excluding carboxylic acids is 1. The molecule has 0 unspecified atom stereocenters. The van der Waals surface area contributed by atoms with Crippen LogP contribution in [0.2, 0.25) is 5.02 Å². The van der Waals surface area contributed by atoms with Crippen LogP contribution in [0.4, 0.5) is 18.9 Å². The first-order valence-electron chi connectivity index (χ1n) is 8.71. The van der Waals surface area contributed by atoms with Crippen molar-refractivity contribution in [1.29, 1.82) is 5.26 Å². The molecule has 0 saturated carbocycles. The Labute approximate surface area is 172 Å². The van der Waals surface area contributed by atoms with Crippen LogP contribution in [0.5, 0.6) is 0 Å². The molecule has 0 bridgehead atoms. The lowest BCUT2D eigenvalue weighted by Gasteiger charge is -2.25. The van der Waals surface area contributed by atoms with Crippen molar-refractivity contribution in [2.75, 3.05) is 5.32 Å². The molecule has 29 heavy (non-hydrogen) atoms. The molecule has 0 aliphatic rings. The molecule has 0 radical (unpaired) electrons. The molecule has 8 heteroatoms. The summed E-state index contributed by atoms with van der Waals surface area (Å²) in [5, 5.41) is 11.2. The Bertz CT molecular complexity index is 934. The Morgan fingerprint density at radius 2 is 1.90 bits per heavy atom. The first-order chi connectivity index (χ1) is 13.6. The summed E-state index contributed by atoms with van der Waals surface area (Å²) in [6.07, 6.45) is -3.25. The number of rotatable bonds is 6. The molecule has 152 valence electrons. The van der Waals surface area contributed by atoms with E-state index in [9.17, 15) is 23.2 Å². The summed E-state index contributed by atoms with van der Waals surface area (Å²) in [7, 11) is 0. The summed E-state index contributed by atoms with van der Waals surface area (Å²) in [4.78, 5) is 14.3. The van der Waals surface area contributed by atoms with E-state index in [0.717, 1.165) is 17.7 Å². The molecule has 2 rings (SSSR count). The fourth-order valence-corrected chi connectivity index (χ4v) is 2.72. The minimum absolute atomic E-state index is 0.0151. The van der Waals surface area contributed by atoms with Crippen LogP contribution in [0.1, 0.15) is 25.0 Å². The van der Waals surface area contributed by atoms with Crippen molar-refractivity contribution >= 4 is 23.2 Å². The fourth-order valence-electron chi connectivity index (χ4n) is 2.49. The predicted molar refractivity (Wildman–Crippen MR) is 106 cm³/mol. The molecule has 2 aromatic carbocycles. The van der Waals surface area contributed by atoms with Crippen molar-refractivity contribution in [1.82, 2.24) is 4.90 Å². The molecule has 4 nitrogen and oxygen atoms in total. The van der Waals surface area contributed by atoms with E-state index in [0.29, 0.717) is 6.54 Å². The van der Waals surface area contributed by atoms with Crippen LogP contribution in [-0.4, -0.2) is 16.8 Å². The Hall–Kier alpha value is -2.98. The van der Waals surface area contributed by atoms with E-state index in [2.05, 4.69) is 5.32 Å². The van der Waals surface area contributed by atoms with Gasteiger partial charge in [-0.1, -0.05) is 41.9 Å². The molecular formula is C21H19ClF3N3O. The number of hydrogen-bond donors (Lipinski definition) is 1. The number of nitrogens with zero attached hydrogens (tertiary/aromatic N) is 2. The van der Waals surface area contributed by atoms with Crippen LogP contribution in [0.25, 0.3) is 0 Å². The van der Waals surface area contributed by atoms with Crippen LogP contribution < -0.4 is 5.32 Å². The van der Waals surface area contributed by atoms with Gasteiger partial charge in [0.25, 0.3) is 5.91 Å². The number of amides is 1. The van der Waals surface area contributed by atoms with Gasteiger partial charge < -0.3 is 10.2 Å². The van der Waals surface area contributed by atoms with Crippen LogP contribution in [0.3, 0.4) is 0 Å². The normalized spacial score (nSPS) is 11.9. The number of nitrogens with one attached hydrogen (secondary N) is 1. The second-order valence-corrected chi connectivity index (χ2v) is 6.96. The zero-order valence-electron chi connectivity index (χ0n) is 15.8. The van der Waals surface area contributed by atoms with Crippen LogP contribution >= 0.6 is 11.6 Å². The van der Waals surface area contributed by atoms with E-state index in [1.54, 1.807) is 4.90 Å². The van der Waals surface area contributed by atoms with Crippen LogP contribution in [0, 0.1) is 11.3 Å². The Balaban J connectivity index is 2.24. The average Bonchev–Trinajstić information content (AvgIpc) is 2.66. The minimum Gasteiger partial charge on any atom is -0.369 e. The third-order valence-electron chi connectivity index (χ3n) is 4.06. The molecule has 0 aromatic heterocycles. The molecular weight excluding hydrogens is 403 g/mol. The van der Waals surface area contributed by atoms with Crippen molar-refractivity contribution in [3.63, 3.8) is 0 Å². The standard InChI is InChI=1S/C21H19ClF3N3O/c1-14(2)28(12-15-6-4-3-5-7-15)13-16(11-26)20(29)27-17-8-9-19(22)18(10-17)21(23,24)25/h3-10,13-14H,12H2,1-2H3,(H,27,29)/b16-13-. The van der Waals surface area contributed by atoms with Gasteiger partial charge in [0, 0.05) is 24.5 Å². The summed E-state index contributed by atoms with van der Waals surface area (Å²) in [6, 6.07) is 14.3. The fraction of sp³-hybridized carbons (Fsp3) is 0.238. The highest BCUT2D eigenvalue weighted by molar-refractivity contribution is 6.31. The lowest BCUT2D eigenvalue weighted by atomic mass is 10.1. The second kappa shape index (κ2) is 9.48. The van der Waals surface area contributed by atoms with Gasteiger partial charge >= 0.3 is 6.18 Å². The van der Waals surface area contributed by atoms with E-state index in [-0.39, 0.29) is 17.3 Å². The lowest BCUT2D eigenvalue weighted by Crippen LogP contribution is -2.27. The first-order valence-corrected chi connectivity index (χ1v) is 9.09. The van der Waals surface area contributed by atoms with Gasteiger partial charge in [-0.25, -0.2) is 0 Å². The quantitative estimate of drug-likeness (QED) is 0.486. The highest BCUT2D eigenvalue weighted by Gasteiger charge is 2.33. The first kappa shape index (κ1) is 22.3. The Kier molecular flexibility index (Phi) is 7.29. The third kappa shape index (κ3) is 6.26. The summed E-state index contributed by atoms with van der Waals surface area (Å²) in [5.74, 6) is -0.804. The van der Waals surface area contributed by atoms with Gasteiger partial charge in [-0.2, -0.15) is 18.4 Å². The lowest BCUT2D eigenvalue weighted by molar-refractivity contribution is -0.137. The van der Waals surface area contributed by atoms with Gasteiger partial charge in [-0.3, -0.25) is 4.79 Å². The van der Waals surface area contributed by atoms with Crippen molar-refractivity contribution in [3.8, 4) is 6.07 Å². The molecule has 0 fully saturated rings. The maximum atomic E-state index is 13.0. The number of benzene rings is 2. The number of nitriles is 1. The maximum absolute atomic E-state index is 13.0. The molecule has 0 atom stereocenters. The SMILES string of the molecule is CC(C)N(/C=C(/C#N)C(=O)Nc1ccc(Cl)c(C(F)(F)F)c1)Cc1ccccc1. The maximum Gasteiger partial charge on any atom is 0.417 e. The van der Waals surface area contributed by atoms with Crippen molar-refractivity contribution in [3.05, 3.63) is 76.5 Å². The molecule has 1 N–H and O–H groups in total. The monoisotopic (exact) mass is 421 g/mol. The number of anilines is 1. The van der Waals surface area contributed by atoms with Crippen LogP contribution in [0.15, 0.2) is 60.3 Å². The van der Waals surface area contributed by atoms with E-state index < -0.39 is 22.7 Å². The second-order valence-electron chi connectivity index (χ2n) is 6.55. The molecule has 0 aliphatic carbocycles. The van der Waals surface area contributed by atoms with Crippen molar-refractivity contribution < 1.29 is 18.0 Å². The van der Waals surface area contributed by atoms with E-state index in [4.69, 9.17) is 11.6 Å². The third-order valence-corrected chi connectivity index (χ3v) is 4.39. The van der Waals surface area contributed by atoms with E-state index in [1.807, 2.05) is 50.2 Å². The highest BCUT2D eigenvalue weighted by atomic mass is 35.5. The predicted octanol–water partition coefficient (Wildman–Crippen LogP) is 5.62. The molecule has 2 aromatic rings. The van der Waals surface area contributed by atoms with Gasteiger partial charge in [0.1, 0.15) is 11.6 Å². The molecule has 0 saturated heterocycles. The van der Waals surface area contributed by atoms with Gasteiger partial charge in [0.05, 0.1) is 10.6 Å². The molecule has 0 aliphatic heterocycles. The Morgan fingerprint density at radius 3 is 2.45 bits per heavy atom. The summed E-state index contributed by atoms with van der Waals surface area (Å²) < 4.78 is 39.0. The van der Waals surface area contributed by atoms with Crippen LogP contribution in [-0.2, 0) is 17.5 Å². The number of carbonyl (C=O) groups is 1. The van der Waals surface area contributed by atoms with Crippen molar-refractivity contribution in [2.24, 2.45) is 0 Å². The summed E-state index contributed by atoms with van der Waals surface area (Å²) in [5.41, 5.74) is -0.403. The van der Waals surface area contributed by atoms with Crippen molar-refractivity contribution in [2.45, 2.75) is 32.6 Å². The summed E-state index contributed by atoms with van der Waals surface area (Å²) >= 11 is 5.58. The van der Waals surface area contributed by atoms with Gasteiger partial charge in [0.15, 0.2) is 0 Å². The summed E-state index contributed by atoms with van der Waals surface area (Å²) in [6.45, 7) is 4.28. The largest absolute Gasteiger partial charge is 0.417 e. The highest BCUT2D eigenvalue weighted by Crippen LogP contribution is 2.36. The molecule has 0 heterocycles.